The summed E-state index contributed by atoms with van der Waals surface area (Å²) >= 11 is 0. The van der Waals surface area contributed by atoms with Gasteiger partial charge in [0.2, 0.25) is 0 Å². The zero-order valence-electron chi connectivity index (χ0n) is 17.6. The molecule has 0 bridgehead atoms. The highest BCUT2D eigenvalue weighted by Gasteiger charge is 2.36. The van der Waals surface area contributed by atoms with Gasteiger partial charge in [0.25, 0.3) is 11.8 Å². The maximum Gasteiger partial charge on any atom is 0.276 e. The Hall–Kier alpha value is -2.75. The highest BCUT2D eigenvalue weighted by Crippen LogP contribution is 2.20. The van der Waals surface area contributed by atoms with E-state index in [0.717, 1.165) is 26.2 Å². The third-order valence-electron chi connectivity index (χ3n) is 4.82. The lowest BCUT2D eigenvalue weighted by molar-refractivity contribution is -0.144. The summed E-state index contributed by atoms with van der Waals surface area (Å²) in [7, 11) is -4.02. The number of carbonyl (C=O) groups is 2. The molecule has 0 fully saturated rings. The number of hydroxylamine groups is 1. The van der Waals surface area contributed by atoms with E-state index in [-0.39, 0.29) is 10.8 Å². The van der Waals surface area contributed by atoms with Gasteiger partial charge in [-0.3, -0.25) is 14.8 Å². The van der Waals surface area contributed by atoms with Crippen LogP contribution in [0.3, 0.4) is 0 Å². The predicted molar refractivity (Wildman–Crippen MR) is 117 cm³/mol. The van der Waals surface area contributed by atoms with Gasteiger partial charge < -0.3 is 10.4 Å². The van der Waals surface area contributed by atoms with Gasteiger partial charge in [0.15, 0.2) is 15.4 Å². The van der Waals surface area contributed by atoms with Crippen LogP contribution in [0, 0.1) is 0 Å². The van der Waals surface area contributed by atoms with Crippen LogP contribution >= 0.6 is 0 Å². The van der Waals surface area contributed by atoms with Gasteiger partial charge in [0.05, 0.1) is 10.6 Å². The number of hydrogen-bond donors (Lipinski definition) is 4. The first-order valence-corrected chi connectivity index (χ1v) is 11.6. The van der Waals surface area contributed by atoms with Crippen molar-refractivity contribution in [2.45, 2.75) is 50.0 Å². The largest absolute Gasteiger partial charge is 0.379 e. The number of nitrogens with one attached hydrogen (secondary N) is 2. The standard InChI is InChI=1S/C22H28N2O6S/c1-3-4-5-6-16-7-9-17(10-8-16)20(25)23-18-11-13-19(14-12-18)31(29,30)15-22(2,27)21(26)24-28/h7-14,27-28H,3-6,15H2,1-2H3,(H,23,25)(H,24,26). The molecule has 0 saturated carbocycles. The van der Waals surface area contributed by atoms with Crippen molar-refractivity contribution in [2.24, 2.45) is 0 Å². The van der Waals surface area contributed by atoms with Crippen molar-refractivity contribution in [2.75, 3.05) is 11.1 Å². The normalized spacial score (nSPS) is 13.3. The van der Waals surface area contributed by atoms with Gasteiger partial charge in [-0.2, -0.15) is 0 Å². The number of sulfone groups is 1. The van der Waals surface area contributed by atoms with Crippen LogP contribution in [0.2, 0.25) is 0 Å². The third kappa shape index (κ3) is 6.88. The second-order valence-corrected chi connectivity index (χ2v) is 9.60. The molecule has 2 amide bonds. The number of benzene rings is 2. The summed E-state index contributed by atoms with van der Waals surface area (Å²) in [5, 5.41) is 21.3. The molecule has 0 radical (unpaired) electrons. The summed E-state index contributed by atoms with van der Waals surface area (Å²) in [4.78, 5) is 23.7. The minimum atomic E-state index is -4.02. The van der Waals surface area contributed by atoms with Crippen molar-refractivity contribution >= 4 is 27.3 Å². The lowest BCUT2D eigenvalue weighted by Gasteiger charge is -2.20. The Bertz CT molecular complexity index is 999. The average molecular weight is 449 g/mol. The van der Waals surface area contributed by atoms with Gasteiger partial charge in [-0.15, -0.1) is 0 Å². The van der Waals surface area contributed by atoms with E-state index in [1.54, 1.807) is 12.1 Å². The summed E-state index contributed by atoms with van der Waals surface area (Å²) in [5.74, 6) is -2.46. The Morgan fingerprint density at radius 3 is 2.16 bits per heavy atom. The molecule has 0 aliphatic heterocycles. The fourth-order valence-corrected chi connectivity index (χ4v) is 4.58. The number of amides is 2. The van der Waals surface area contributed by atoms with Crippen LogP contribution in [0.25, 0.3) is 0 Å². The SMILES string of the molecule is CCCCCc1ccc(C(=O)Nc2ccc(S(=O)(=O)CC(C)(O)C(=O)NO)cc2)cc1. The van der Waals surface area contributed by atoms with E-state index in [1.807, 2.05) is 12.1 Å². The minimum absolute atomic E-state index is 0.132. The molecular weight excluding hydrogens is 420 g/mol. The van der Waals surface area contributed by atoms with Crippen LogP contribution in [0.15, 0.2) is 53.4 Å². The predicted octanol–water partition coefficient (Wildman–Crippen LogP) is 2.70. The molecule has 1 atom stereocenters. The molecular formula is C22H28N2O6S. The van der Waals surface area contributed by atoms with Crippen molar-refractivity contribution in [1.82, 2.24) is 5.48 Å². The number of anilines is 1. The summed E-state index contributed by atoms with van der Waals surface area (Å²) in [6.45, 7) is 3.13. The Morgan fingerprint density at radius 2 is 1.61 bits per heavy atom. The van der Waals surface area contributed by atoms with E-state index >= 15 is 0 Å². The molecule has 1 unspecified atom stereocenters. The van der Waals surface area contributed by atoms with Crippen LogP contribution < -0.4 is 10.8 Å². The molecule has 0 aliphatic rings. The minimum Gasteiger partial charge on any atom is -0.379 e. The molecule has 4 N–H and O–H groups in total. The lowest BCUT2D eigenvalue weighted by atomic mass is 10.1. The van der Waals surface area contributed by atoms with Gasteiger partial charge in [-0.25, -0.2) is 13.9 Å². The number of hydrogen-bond acceptors (Lipinski definition) is 6. The molecule has 0 saturated heterocycles. The maximum atomic E-state index is 12.4. The molecule has 2 aromatic rings. The monoisotopic (exact) mass is 448 g/mol. The third-order valence-corrected chi connectivity index (χ3v) is 6.75. The van der Waals surface area contributed by atoms with Crippen molar-refractivity contribution in [3.8, 4) is 0 Å². The fraction of sp³-hybridized carbons (Fsp3) is 0.364. The number of aliphatic hydroxyl groups is 1. The van der Waals surface area contributed by atoms with E-state index in [9.17, 15) is 23.1 Å². The average Bonchev–Trinajstić information content (AvgIpc) is 2.73. The molecule has 0 aliphatic carbocycles. The Kier molecular flexibility index (Phi) is 8.32. The van der Waals surface area contributed by atoms with E-state index in [4.69, 9.17) is 5.21 Å². The van der Waals surface area contributed by atoms with Crippen LogP contribution in [-0.2, 0) is 21.1 Å². The van der Waals surface area contributed by atoms with E-state index in [0.29, 0.717) is 11.3 Å². The van der Waals surface area contributed by atoms with Crippen molar-refractivity contribution < 1.29 is 28.3 Å². The Labute approximate surface area is 182 Å². The molecule has 8 nitrogen and oxygen atoms in total. The zero-order valence-corrected chi connectivity index (χ0v) is 18.4. The lowest BCUT2D eigenvalue weighted by Crippen LogP contribution is -2.48. The van der Waals surface area contributed by atoms with Crippen LogP contribution in [0.4, 0.5) is 5.69 Å². The van der Waals surface area contributed by atoms with E-state index in [2.05, 4.69) is 12.2 Å². The fourth-order valence-electron chi connectivity index (χ4n) is 2.99. The van der Waals surface area contributed by atoms with Crippen LogP contribution in [0.1, 0.15) is 49.0 Å². The molecule has 9 heteroatoms. The Balaban J connectivity index is 2.03. The van der Waals surface area contributed by atoms with Crippen LogP contribution in [0.5, 0.6) is 0 Å². The number of aryl methyl sites for hydroxylation is 1. The summed E-state index contributed by atoms with van der Waals surface area (Å²) in [6, 6.07) is 12.7. The van der Waals surface area contributed by atoms with Gasteiger partial charge in [-0.1, -0.05) is 31.9 Å². The molecule has 168 valence electrons. The van der Waals surface area contributed by atoms with Gasteiger partial charge in [0, 0.05) is 11.3 Å². The summed E-state index contributed by atoms with van der Waals surface area (Å²) in [5.41, 5.74) is 0.997. The van der Waals surface area contributed by atoms with Gasteiger partial charge in [-0.05, 0) is 61.7 Å². The molecule has 2 rings (SSSR count). The second-order valence-electron chi connectivity index (χ2n) is 7.61. The first kappa shape index (κ1) is 24.5. The van der Waals surface area contributed by atoms with E-state index < -0.39 is 27.1 Å². The quantitative estimate of drug-likeness (QED) is 0.251. The second kappa shape index (κ2) is 10.5. The summed E-state index contributed by atoms with van der Waals surface area (Å²) < 4.78 is 24.9. The van der Waals surface area contributed by atoms with Gasteiger partial charge in [0.1, 0.15) is 0 Å². The zero-order chi connectivity index (χ0) is 23.1. The number of unbranched alkanes of at least 4 members (excludes halogenated alkanes) is 2. The first-order valence-electron chi connectivity index (χ1n) is 9.99. The maximum absolute atomic E-state index is 12.4. The molecule has 31 heavy (non-hydrogen) atoms. The van der Waals surface area contributed by atoms with Crippen molar-refractivity contribution in [1.29, 1.82) is 0 Å². The molecule has 0 heterocycles. The molecule has 2 aromatic carbocycles. The number of carbonyl (C=O) groups excluding carboxylic acids is 2. The molecule has 0 aromatic heterocycles. The smallest absolute Gasteiger partial charge is 0.276 e. The van der Waals surface area contributed by atoms with E-state index in [1.165, 1.54) is 41.7 Å². The van der Waals surface area contributed by atoms with Crippen molar-refractivity contribution in [3.63, 3.8) is 0 Å². The van der Waals surface area contributed by atoms with Crippen LogP contribution in [-0.4, -0.2) is 41.9 Å². The highest BCUT2D eigenvalue weighted by molar-refractivity contribution is 7.91. The summed E-state index contributed by atoms with van der Waals surface area (Å²) in [6.07, 6.45) is 4.40. The highest BCUT2D eigenvalue weighted by atomic mass is 32.2. The van der Waals surface area contributed by atoms with Gasteiger partial charge >= 0.3 is 0 Å². The number of rotatable bonds is 10. The van der Waals surface area contributed by atoms with Crippen molar-refractivity contribution in [3.05, 3.63) is 59.7 Å². The first-order chi connectivity index (χ1) is 14.6. The topological polar surface area (TPSA) is 133 Å². The molecule has 0 spiro atoms. The Morgan fingerprint density at radius 1 is 1.00 bits per heavy atom.